The summed E-state index contributed by atoms with van der Waals surface area (Å²) in [5, 5.41) is 3.13. The monoisotopic (exact) mass is 233 g/mol. The minimum Gasteiger partial charge on any atom is -0.347 e. The molecule has 17 heavy (non-hydrogen) atoms. The van der Waals surface area contributed by atoms with Crippen molar-refractivity contribution in [1.29, 1.82) is 0 Å². The minimum atomic E-state index is -0.0839. The molecule has 0 aliphatic carbocycles. The fraction of sp³-hybridized carbons (Fsp3) is 0.538. The van der Waals surface area contributed by atoms with Gasteiger partial charge in [-0.3, -0.25) is 9.78 Å². The van der Waals surface area contributed by atoms with Gasteiger partial charge >= 0.3 is 0 Å². The van der Waals surface area contributed by atoms with Crippen molar-refractivity contribution in [2.45, 2.75) is 25.3 Å². The van der Waals surface area contributed by atoms with Crippen molar-refractivity contribution >= 4 is 5.91 Å². The van der Waals surface area contributed by atoms with Crippen LogP contribution in [0.1, 0.15) is 30.1 Å². The third kappa shape index (κ3) is 3.03. The lowest BCUT2D eigenvalue weighted by Crippen LogP contribution is -2.52. The summed E-state index contributed by atoms with van der Waals surface area (Å²) in [4.78, 5) is 18.3. The summed E-state index contributed by atoms with van der Waals surface area (Å²) in [5.74, 6) is -0.0230. The molecule has 0 aromatic carbocycles. The summed E-state index contributed by atoms with van der Waals surface area (Å²) in [7, 11) is 2.11. The number of amides is 1. The van der Waals surface area contributed by atoms with Gasteiger partial charge in [0.2, 0.25) is 0 Å². The van der Waals surface area contributed by atoms with Crippen molar-refractivity contribution in [3.63, 3.8) is 0 Å². The first-order chi connectivity index (χ1) is 8.09. The van der Waals surface area contributed by atoms with Crippen molar-refractivity contribution in [2.24, 2.45) is 0 Å². The summed E-state index contributed by atoms with van der Waals surface area (Å²) in [6.07, 6.45) is 5.27. The zero-order chi connectivity index (χ0) is 12.3. The number of carbonyl (C=O) groups is 1. The van der Waals surface area contributed by atoms with Crippen LogP contribution in [-0.2, 0) is 0 Å². The molecule has 1 aromatic heterocycles. The van der Waals surface area contributed by atoms with E-state index < -0.39 is 0 Å². The summed E-state index contributed by atoms with van der Waals surface area (Å²) in [5.41, 5.74) is 0.548. The highest BCUT2D eigenvalue weighted by Gasteiger charge is 2.30. The Balaban J connectivity index is 1.99. The Morgan fingerprint density at radius 1 is 1.47 bits per heavy atom. The van der Waals surface area contributed by atoms with E-state index in [0.29, 0.717) is 5.56 Å². The molecule has 0 radical (unpaired) electrons. The first kappa shape index (κ1) is 12.0. The molecule has 0 unspecified atom stereocenters. The Morgan fingerprint density at radius 3 is 2.76 bits per heavy atom. The third-order valence-corrected chi connectivity index (χ3v) is 3.43. The fourth-order valence-corrected chi connectivity index (χ4v) is 2.08. The van der Waals surface area contributed by atoms with E-state index in [4.69, 9.17) is 0 Å². The number of likely N-dealkylation sites (tertiary alicyclic amines) is 1. The predicted octanol–water partition coefficient (Wildman–Crippen LogP) is 1.30. The van der Waals surface area contributed by atoms with Gasteiger partial charge in [-0.2, -0.15) is 0 Å². The van der Waals surface area contributed by atoms with Crippen molar-refractivity contribution in [1.82, 2.24) is 15.2 Å². The van der Waals surface area contributed by atoms with E-state index in [-0.39, 0.29) is 11.4 Å². The van der Waals surface area contributed by atoms with Crippen molar-refractivity contribution in [3.8, 4) is 0 Å². The second-order valence-corrected chi connectivity index (χ2v) is 5.06. The topological polar surface area (TPSA) is 45.2 Å². The third-order valence-electron chi connectivity index (χ3n) is 3.43. The molecule has 4 nitrogen and oxygen atoms in total. The van der Waals surface area contributed by atoms with Crippen LogP contribution < -0.4 is 5.32 Å². The van der Waals surface area contributed by atoms with E-state index in [0.717, 1.165) is 25.9 Å². The molecule has 0 bridgehead atoms. The van der Waals surface area contributed by atoms with Gasteiger partial charge in [-0.15, -0.1) is 0 Å². The van der Waals surface area contributed by atoms with Crippen LogP contribution in [-0.4, -0.2) is 41.5 Å². The Kier molecular flexibility index (Phi) is 3.43. The molecule has 92 valence electrons. The quantitative estimate of drug-likeness (QED) is 0.837. The second kappa shape index (κ2) is 4.84. The lowest BCUT2D eigenvalue weighted by molar-refractivity contribution is 0.0851. The van der Waals surface area contributed by atoms with Crippen molar-refractivity contribution in [2.75, 3.05) is 20.1 Å². The maximum atomic E-state index is 12.0. The van der Waals surface area contributed by atoms with E-state index in [1.165, 1.54) is 0 Å². The van der Waals surface area contributed by atoms with Crippen LogP contribution in [0.3, 0.4) is 0 Å². The van der Waals surface area contributed by atoms with Crippen LogP contribution in [0, 0.1) is 0 Å². The van der Waals surface area contributed by atoms with E-state index in [2.05, 4.69) is 29.2 Å². The lowest BCUT2D eigenvalue weighted by atomic mass is 9.89. The summed E-state index contributed by atoms with van der Waals surface area (Å²) in [6, 6.07) is 3.58. The van der Waals surface area contributed by atoms with Gasteiger partial charge < -0.3 is 10.2 Å². The van der Waals surface area contributed by atoms with Gasteiger partial charge in [-0.05, 0) is 38.9 Å². The van der Waals surface area contributed by atoms with Gasteiger partial charge in [0.25, 0.3) is 5.91 Å². The van der Waals surface area contributed by atoms with Gasteiger partial charge in [-0.25, -0.2) is 0 Å². The largest absolute Gasteiger partial charge is 0.347 e. The molecular weight excluding hydrogens is 214 g/mol. The molecular formula is C13H19N3O. The first-order valence-corrected chi connectivity index (χ1v) is 6.00. The first-order valence-electron chi connectivity index (χ1n) is 6.00. The Hall–Kier alpha value is -1.42. The van der Waals surface area contributed by atoms with Crippen LogP contribution in [0.5, 0.6) is 0 Å². The highest BCUT2D eigenvalue weighted by Crippen LogP contribution is 2.21. The van der Waals surface area contributed by atoms with E-state index in [1.807, 2.05) is 0 Å². The Morgan fingerprint density at radius 2 is 2.18 bits per heavy atom. The molecule has 1 aliphatic rings. The molecule has 0 atom stereocenters. The molecule has 4 heteroatoms. The number of pyridine rings is 1. The standard InChI is InChI=1S/C13H19N3O/c1-13(5-8-16(2)9-6-13)15-12(17)11-4-3-7-14-10-11/h3-4,7,10H,5-6,8-9H2,1-2H3,(H,15,17). The average Bonchev–Trinajstić information content (AvgIpc) is 2.34. The average molecular weight is 233 g/mol. The fourth-order valence-electron chi connectivity index (χ4n) is 2.08. The summed E-state index contributed by atoms with van der Waals surface area (Å²) >= 11 is 0. The summed E-state index contributed by atoms with van der Waals surface area (Å²) in [6.45, 7) is 4.18. The molecule has 1 N–H and O–H groups in total. The highest BCUT2D eigenvalue weighted by atomic mass is 16.1. The van der Waals surface area contributed by atoms with Crippen LogP contribution in [0.25, 0.3) is 0 Å². The smallest absolute Gasteiger partial charge is 0.253 e. The predicted molar refractivity (Wildman–Crippen MR) is 66.8 cm³/mol. The molecule has 1 fully saturated rings. The zero-order valence-electron chi connectivity index (χ0n) is 10.4. The number of hydrogen-bond acceptors (Lipinski definition) is 3. The number of hydrogen-bond donors (Lipinski definition) is 1. The normalized spacial score (nSPS) is 19.9. The van der Waals surface area contributed by atoms with E-state index in [9.17, 15) is 4.79 Å². The number of nitrogens with one attached hydrogen (secondary N) is 1. The minimum absolute atomic E-state index is 0.0230. The van der Waals surface area contributed by atoms with Crippen molar-refractivity contribution < 1.29 is 4.79 Å². The molecule has 2 rings (SSSR count). The van der Waals surface area contributed by atoms with Crippen LogP contribution in [0.4, 0.5) is 0 Å². The summed E-state index contributed by atoms with van der Waals surface area (Å²) < 4.78 is 0. The molecule has 1 saturated heterocycles. The molecule has 2 heterocycles. The van der Waals surface area contributed by atoms with E-state index in [1.54, 1.807) is 24.5 Å². The number of piperidine rings is 1. The van der Waals surface area contributed by atoms with Crippen LogP contribution in [0.2, 0.25) is 0 Å². The SMILES string of the molecule is CN1CCC(C)(NC(=O)c2cccnc2)CC1. The molecule has 0 saturated carbocycles. The molecule has 1 aromatic rings. The number of rotatable bonds is 2. The highest BCUT2D eigenvalue weighted by molar-refractivity contribution is 5.94. The van der Waals surface area contributed by atoms with Crippen molar-refractivity contribution in [3.05, 3.63) is 30.1 Å². The van der Waals surface area contributed by atoms with E-state index >= 15 is 0 Å². The molecule has 1 aliphatic heterocycles. The van der Waals surface area contributed by atoms with Gasteiger partial charge in [0.05, 0.1) is 5.56 Å². The maximum absolute atomic E-state index is 12.0. The second-order valence-electron chi connectivity index (χ2n) is 5.06. The van der Waals surface area contributed by atoms with Gasteiger partial charge in [0.1, 0.15) is 0 Å². The molecule has 1 amide bonds. The number of aromatic nitrogens is 1. The maximum Gasteiger partial charge on any atom is 0.253 e. The van der Waals surface area contributed by atoms with Crippen LogP contribution in [0.15, 0.2) is 24.5 Å². The Labute approximate surface area is 102 Å². The van der Waals surface area contributed by atoms with Crippen LogP contribution >= 0.6 is 0 Å². The van der Waals surface area contributed by atoms with Gasteiger partial charge in [-0.1, -0.05) is 0 Å². The lowest BCUT2D eigenvalue weighted by Gasteiger charge is -2.38. The number of nitrogens with zero attached hydrogens (tertiary/aromatic N) is 2. The molecule has 0 spiro atoms. The van der Waals surface area contributed by atoms with Gasteiger partial charge in [0, 0.05) is 31.0 Å². The van der Waals surface area contributed by atoms with Gasteiger partial charge in [0.15, 0.2) is 0 Å². The Bertz CT molecular complexity index is 383. The zero-order valence-corrected chi connectivity index (χ0v) is 10.4. The number of carbonyl (C=O) groups excluding carboxylic acids is 1.